The van der Waals surface area contributed by atoms with Gasteiger partial charge in [0.1, 0.15) is 0 Å². The van der Waals surface area contributed by atoms with Crippen molar-refractivity contribution in [3.8, 4) is 0 Å². The number of benzene rings is 1. The van der Waals surface area contributed by atoms with Crippen LogP contribution < -0.4 is 5.32 Å². The molecule has 1 amide bonds. The zero-order valence-corrected chi connectivity index (χ0v) is 10.3. The first-order valence-corrected chi connectivity index (χ1v) is 5.98. The van der Waals surface area contributed by atoms with Gasteiger partial charge in [0, 0.05) is 9.61 Å². The molecule has 0 atom stereocenters. The van der Waals surface area contributed by atoms with Gasteiger partial charge in [-0.2, -0.15) is 0 Å². The molecule has 0 spiro atoms. The summed E-state index contributed by atoms with van der Waals surface area (Å²) in [4.78, 5) is 11.8. The van der Waals surface area contributed by atoms with E-state index < -0.39 is 0 Å². The Morgan fingerprint density at radius 1 is 1.40 bits per heavy atom. The molecule has 80 valence electrons. The molecule has 4 heteroatoms. The largest absolute Gasteiger partial charge is 0.393 e. The molecule has 0 bridgehead atoms. The van der Waals surface area contributed by atoms with E-state index in [-0.39, 0.29) is 18.1 Å². The highest BCUT2D eigenvalue weighted by molar-refractivity contribution is 14.1. The minimum Gasteiger partial charge on any atom is -0.393 e. The van der Waals surface area contributed by atoms with E-state index in [0.717, 1.165) is 3.57 Å². The molecule has 0 aliphatic heterocycles. The number of carbonyl (C=O) groups excluding carboxylic acids is 1. The number of halogens is 1. The average Bonchev–Trinajstić information content (AvgIpc) is 2.16. The molecule has 1 aromatic rings. The van der Waals surface area contributed by atoms with Gasteiger partial charge in [0.05, 0.1) is 11.7 Å². The zero-order chi connectivity index (χ0) is 10.8. The summed E-state index contributed by atoms with van der Waals surface area (Å²) in [5.74, 6) is -0.0445. The van der Waals surface area contributed by atoms with Crippen LogP contribution in [0.2, 0.25) is 0 Å². The normalized spacial score (nSPS) is 24.4. The van der Waals surface area contributed by atoms with Crippen molar-refractivity contribution in [1.82, 2.24) is 5.32 Å². The second kappa shape index (κ2) is 4.49. The van der Waals surface area contributed by atoms with Crippen LogP contribution >= 0.6 is 22.6 Å². The molecule has 1 aliphatic rings. The van der Waals surface area contributed by atoms with E-state index in [2.05, 4.69) is 27.9 Å². The first-order valence-electron chi connectivity index (χ1n) is 4.90. The van der Waals surface area contributed by atoms with Gasteiger partial charge in [0.25, 0.3) is 5.91 Å². The predicted octanol–water partition coefficient (Wildman–Crippen LogP) is 1.54. The fourth-order valence-corrected chi connectivity index (χ4v) is 2.25. The maximum Gasteiger partial charge on any atom is 0.252 e. The Labute approximate surface area is 102 Å². The van der Waals surface area contributed by atoms with Crippen LogP contribution in [0.4, 0.5) is 0 Å². The number of hydrogen-bond donors (Lipinski definition) is 2. The van der Waals surface area contributed by atoms with Crippen LogP contribution in [0, 0.1) is 3.57 Å². The standard InChI is InChI=1S/C11H12INO2/c12-10-4-2-1-3-9(10)11(15)13-7-5-8(14)6-7/h1-4,7-8,14H,5-6H2,(H,13,15). The molecule has 1 aliphatic carbocycles. The van der Waals surface area contributed by atoms with Crippen molar-refractivity contribution in [2.75, 3.05) is 0 Å². The van der Waals surface area contributed by atoms with Gasteiger partial charge in [0.15, 0.2) is 0 Å². The van der Waals surface area contributed by atoms with Crippen LogP contribution in [-0.2, 0) is 0 Å². The zero-order valence-electron chi connectivity index (χ0n) is 8.11. The quantitative estimate of drug-likeness (QED) is 0.813. The predicted molar refractivity (Wildman–Crippen MR) is 65.7 cm³/mol. The van der Waals surface area contributed by atoms with Crippen LogP contribution in [0.3, 0.4) is 0 Å². The molecule has 0 aromatic heterocycles. The SMILES string of the molecule is O=C(NC1CC(O)C1)c1ccccc1I. The second-order valence-electron chi connectivity index (χ2n) is 3.78. The summed E-state index contributed by atoms with van der Waals surface area (Å²) in [5.41, 5.74) is 0.708. The molecule has 0 saturated heterocycles. The van der Waals surface area contributed by atoms with Crippen molar-refractivity contribution in [3.63, 3.8) is 0 Å². The summed E-state index contributed by atoms with van der Waals surface area (Å²) in [6, 6.07) is 7.62. The third-order valence-electron chi connectivity index (χ3n) is 2.57. The van der Waals surface area contributed by atoms with Crippen molar-refractivity contribution in [3.05, 3.63) is 33.4 Å². The highest BCUT2D eigenvalue weighted by Crippen LogP contribution is 2.20. The molecule has 1 aromatic carbocycles. The lowest BCUT2D eigenvalue weighted by Crippen LogP contribution is -2.46. The van der Waals surface area contributed by atoms with E-state index in [4.69, 9.17) is 5.11 Å². The van der Waals surface area contributed by atoms with Crippen molar-refractivity contribution in [2.24, 2.45) is 0 Å². The maximum absolute atomic E-state index is 11.8. The van der Waals surface area contributed by atoms with Gasteiger partial charge in [-0.25, -0.2) is 0 Å². The summed E-state index contributed by atoms with van der Waals surface area (Å²) in [5, 5.41) is 12.0. The van der Waals surface area contributed by atoms with Crippen molar-refractivity contribution in [2.45, 2.75) is 25.0 Å². The van der Waals surface area contributed by atoms with Crippen LogP contribution in [0.1, 0.15) is 23.2 Å². The maximum atomic E-state index is 11.8. The van der Waals surface area contributed by atoms with Gasteiger partial charge < -0.3 is 10.4 Å². The third-order valence-corrected chi connectivity index (χ3v) is 3.51. The smallest absolute Gasteiger partial charge is 0.252 e. The monoisotopic (exact) mass is 317 g/mol. The summed E-state index contributed by atoms with van der Waals surface area (Å²) in [6.45, 7) is 0. The first kappa shape index (κ1) is 10.9. The Morgan fingerprint density at radius 3 is 2.67 bits per heavy atom. The van der Waals surface area contributed by atoms with Crippen LogP contribution in [0.25, 0.3) is 0 Å². The fourth-order valence-electron chi connectivity index (χ4n) is 1.61. The molecular formula is C11H12INO2. The molecule has 1 saturated carbocycles. The van der Waals surface area contributed by atoms with Gasteiger partial charge in [-0.15, -0.1) is 0 Å². The van der Waals surface area contributed by atoms with Gasteiger partial charge in [-0.1, -0.05) is 12.1 Å². The number of aliphatic hydroxyl groups is 1. The Hall–Kier alpha value is -0.620. The summed E-state index contributed by atoms with van der Waals surface area (Å²) in [6.07, 6.45) is 1.12. The molecule has 15 heavy (non-hydrogen) atoms. The third kappa shape index (κ3) is 2.49. The number of aliphatic hydroxyl groups excluding tert-OH is 1. The Balaban J connectivity index is 1.99. The highest BCUT2D eigenvalue weighted by Gasteiger charge is 2.28. The lowest BCUT2D eigenvalue weighted by atomic mass is 9.89. The van der Waals surface area contributed by atoms with Crippen molar-refractivity contribution in [1.29, 1.82) is 0 Å². The molecule has 3 nitrogen and oxygen atoms in total. The number of rotatable bonds is 2. The lowest BCUT2D eigenvalue weighted by molar-refractivity contribution is 0.0562. The van der Waals surface area contributed by atoms with Crippen molar-refractivity contribution >= 4 is 28.5 Å². The van der Waals surface area contributed by atoms with Crippen LogP contribution in [0.15, 0.2) is 24.3 Å². The van der Waals surface area contributed by atoms with Gasteiger partial charge in [-0.3, -0.25) is 4.79 Å². The summed E-state index contributed by atoms with van der Waals surface area (Å²) >= 11 is 2.15. The van der Waals surface area contributed by atoms with Crippen LogP contribution in [-0.4, -0.2) is 23.2 Å². The average molecular weight is 317 g/mol. The second-order valence-corrected chi connectivity index (χ2v) is 4.94. The first-order chi connectivity index (χ1) is 7.16. The number of nitrogens with one attached hydrogen (secondary N) is 1. The van der Waals surface area contributed by atoms with E-state index in [1.807, 2.05) is 24.3 Å². The molecule has 2 rings (SSSR count). The van der Waals surface area contributed by atoms with E-state index in [1.165, 1.54) is 0 Å². The van der Waals surface area contributed by atoms with E-state index in [9.17, 15) is 4.79 Å². The van der Waals surface area contributed by atoms with E-state index >= 15 is 0 Å². The Morgan fingerprint density at radius 2 is 2.07 bits per heavy atom. The Bertz CT molecular complexity index is 375. The molecule has 0 unspecified atom stereocenters. The lowest BCUT2D eigenvalue weighted by Gasteiger charge is -2.32. The topological polar surface area (TPSA) is 49.3 Å². The van der Waals surface area contributed by atoms with Gasteiger partial charge in [-0.05, 0) is 47.6 Å². The van der Waals surface area contributed by atoms with E-state index in [0.29, 0.717) is 18.4 Å². The van der Waals surface area contributed by atoms with Gasteiger partial charge >= 0.3 is 0 Å². The van der Waals surface area contributed by atoms with E-state index in [1.54, 1.807) is 0 Å². The highest BCUT2D eigenvalue weighted by atomic mass is 127. The molecule has 0 heterocycles. The number of hydrogen-bond acceptors (Lipinski definition) is 2. The Kier molecular flexibility index (Phi) is 3.25. The number of carbonyl (C=O) groups is 1. The van der Waals surface area contributed by atoms with Crippen LogP contribution in [0.5, 0.6) is 0 Å². The minimum atomic E-state index is -0.231. The summed E-state index contributed by atoms with van der Waals surface area (Å²) < 4.78 is 0.951. The molecule has 2 N–H and O–H groups in total. The minimum absolute atomic E-state index is 0.0445. The van der Waals surface area contributed by atoms with Crippen molar-refractivity contribution < 1.29 is 9.90 Å². The number of amides is 1. The fraction of sp³-hybridized carbons (Fsp3) is 0.364. The van der Waals surface area contributed by atoms with Gasteiger partial charge in [0.2, 0.25) is 0 Å². The molecular weight excluding hydrogens is 305 g/mol. The molecule has 0 radical (unpaired) electrons. The molecule has 1 fully saturated rings. The summed E-state index contributed by atoms with van der Waals surface area (Å²) in [7, 11) is 0.